The lowest BCUT2D eigenvalue weighted by atomic mass is 10.2. The zero-order chi connectivity index (χ0) is 19.5. The van der Waals surface area contributed by atoms with Crippen LogP contribution < -0.4 is 10.0 Å². The van der Waals surface area contributed by atoms with E-state index >= 15 is 0 Å². The van der Waals surface area contributed by atoms with E-state index in [1.54, 1.807) is 18.2 Å². The topological polar surface area (TPSA) is 92.3 Å². The molecule has 3 rings (SSSR count). The molecule has 0 saturated carbocycles. The monoisotopic (exact) mass is 402 g/mol. The summed E-state index contributed by atoms with van der Waals surface area (Å²) in [7, 11) is -7.37. The Hall–Kier alpha value is -2.84. The molecule has 2 N–H and O–H groups in total. The number of nitrogens with one attached hydrogen (secondary N) is 2. The highest BCUT2D eigenvalue weighted by atomic mass is 32.2. The summed E-state index contributed by atoms with van der Waals surface area (Å²) >= 11 is 0. The van der Waals surface area contributed by atoms with Crippen molar-refractivity contribution in [2.75, 3.05) is 16.3 Å². The van der Waals surface area contributed by atoms with E-state index in [0.29, 0.717) is 5.69 Å². The Kier molecular flexibility index (Phi) is 5.20. The molecular formula is C19H18N2O4S2. The van der Waals surface area contributed by atoms with Crippen LogP contribution in [0.3, 0.4) is 0 Å². The molecule has 0 atom stereocenters. The van der Waals surface area contributed by atoms with Crippen LogP contribution in [-0.2, 0) is 19.9 Å². The van der Waals surface area contributed by atoms with Crippen molar-refractivity contribution in [3.63, 3.8) is 0 Å². The summed E-state index contributed by atoms with van der Waals surface area (Å²) in [5, 5.41) is 3.10. The molecule has 3 aromatic carbocycles. The minimum absolute atomic E-state index is 0.0203. The van der Waals surface area contributed by atoms with Crippen molar-refractivity contribution < 1.29 is 16.8 Å². The van der Waals surface area contributed by atoms with Crippen molar-refractivity contribution in [3.8, 4) is 0 Å². The van der Waals surface area contributed by atoms with E-state index in [2.05, 4.69) is 10.0 Å². The molecule has 0 aliphatic rings. The van der Waals surface area contributed by atoms with E-state index in [-0.39, 0.29) is 15.5 Å². The number of benzene rings is 3. The summed E-state index contributed by atoms with van der Waals surface area (Å²) in [6.07, 6.45) is 1.07. The highest BCUT2D eigenvalue weighted by Gasteiger charge is 2.18. The molecule has 0 heterocycles. The third-order valence-corrected chi connectivity index (χ3v) is 6.26. The lowest BCUT2D eigenvalue weighted by Gasteiger charge is -2.15. The Morgan fingerprint density at radius 2 is 1.26 bits per heavy atom. The van der Waals surface area contributed by atoms with Gasteiger partial charge in [-0.1, -0.05) is 36.4 Å². The molecule has 6 nitrogen and oxygen atoms in total. The van der Waals surface area contributed by atoms with Gasteiger partial charge in [-0.05, 0) is 42.5 Å². The number of sulfone groups is 1. The van der Waals surface area contributed by atoms with E-state index in [0.717, 1.165) is 11.9 Å². The summed E-state index contributed by atoms with van der Waals surface area (Å²) in [6, 6.07) is 21.3. The fourth-order valence-electron chi connectivity index (χ4n) is 2.43. The molecule has 8 heteroatoms. The molecule has 140 valence electrons. The maximum atomic E-state index is 12.7. The fraction of sp³-hybridized carbons (Fsp3) is 0.0526. The van der Waals surface area contributed by atoms with E-state index < -0.39 is 19.9 Å². The second-order valence-corrected chi connectivity index (χ2v) is 9.59. The minimum Gasteiger partial charge on any atom is -0.354 e. The maximum Gasteiger partial charge on any atom is 0.261 e. The Bertz CT molecular complexity index is 1140. The van der Waals surface area contributed by atoms with Gasteiger partial charge < -0.3 is 5.32 Å². The van der Waals surface area contributed by atoms with Crippen LogP contribution in [0.2, 0.25) is 0 Å². The molecule has 0 aliphatic heterocycles. The highest BCUT2D eigenvalue weighted by molar-refractivity contribution is 7.92. The Balaban J connectivity index is 2.05. The lowest BCUT2D eigenvalue weighted by molar-refractivity contribution is 0.599. The van der Waals surface area contributed by atoms with Gasteiger partial charge in [0.25, 0.3) is 10.0 Å². The van der Waals surface area contributed by atoms with Crippen molar-refractivity contribution in [2.45, 2.75) is 9.79 Å². The predicted molar refractivity (Wildman–Crippen MR) is 107 cm³/mol. The molecule has 3 aromatic rings. The summed E-state index contributed by atoms with van der Waals surface area (Å²) in [5.41, 5.74) is 1.32. The quantitative estimate of drug-likeness (QED) is 0.657. The molecule has 0 unspecified atom stereocenters. The van der Waals surface area contributed by atoms with E-state index in [9.17, 15) is 16.8 Å². The van der Waals surface area contributed by atoms with Gasteiger partial charge in [-0.2, -0.15) is 0 Å². The molecule has 0 aliphatic carbocycles. The van der Waals surface area contributed by atoms with Crippen LogP contribution in [0.1, 0.15) is 0 Å². The van der Waals surface area contributed by atoms with Crippen molar-refractivity contribution in [1.29, 1.82) is 0 Å². The molecule has 27 heavy (non-hydrogen) atoms. The first-order valence-corrected chi connectivity index (χ1v) is 11.4. The molecule has 0 aromatic heterocycles. The molecule has 0 fully saturated rings. The standard InChI is InChI=1S/C19H18N2O4S2/c1-26(22,23)17-12-13-18(20-15-8-4-2-5-9-15)19(14-17)21-27(24,25)16-10-6-3-7-11-16/h2-14,20-21H,1H3. The molecule has 0 spiro atoms. The third kappa shape index (κ3) is 4.66. The van der Waals surface area contributed by atoms with Crippen LogP contribution in [0.25, 0.3) is 0 Å². The van der Waals surface area contributed by atoms with Gasteiger partial charge in [0, 0.05) is 11.9 Å². The number of sulfonamides is 1. The maximum absolute atomic E-state index is 12.7. The number of para-hydroxylation sites is 1. The Morgan fingerprint density at radius 3 is 1.85 bits per heavy atom. The minimum atomic E-state index is -3.88. The van der Waals surface area contributed by atoms with Crippen LogP contribution in [0.15, 0.2) is 88.7 Å². The average Bonchev–Trinajstić information content (AvgIpc) is 2.64. The van der Waals surface area contributed by atoms with Gasteiger partial charge in [-0.25, -0.2) is 16.8 Å². The predicted octanol–water partition coefficient (Wildman–Crippen LogP) is 3.63. The molecule has 0 amide bonds. The molecule has 0 radical (unpaired) electrons. The normalized spacial score (nSPS) is 11.7. The van der Waals surface area contributed by atoms with Crippen LogP contribution in [0.5, 0.6) is 0 Å². The first-order valence-electron chi connectivity index (χ1n) is 8.00. The van der Waals surface area contributed by atoms with Gasteiger partial charge in [0.1, 0.15) is 0 Å². The van der Waals surface area contributed by atoms with Crippen LogP contribution in [0, 0.1) is 0 Å². The van der Waals surface area contributed by atoms with Gasteiger partial charge >= 0.3 is 0 Å². The van der Waals surface area contributed by atoms with Crippen molar-refractivity contribution in [3.05, 3.63) is 78.9 Å². The zero-order valence-electron chi connectivity index (χ0n) is 14.5. The van der Waals surface area contributed by atoms with Crippen LogP contribution >= 0.6 is 0 Å². The largest absolute Gasteiger partial charge is 0.354 e. The summed E-state index contributed by atoms with van der Waals surface area (Å²) in [6.45, 7) is 0. The van der Waals surface area contributed by atoms with Crippen molar-refractivity contribution in [2.24, 2.45) is 0 Å². The lowest BCUT2D eigenvalue weighted by Crippen LogP contribution is -2.14. The number of hydrogen-bond acceptors (Lipinski definition) is 5. The smallest absolute Gasteiger partial charge is 0.261 e. The summed E-state index contributed by atoms with van der Waals surface area (Å²) in [4.78, 5) is 0.104. The van der Waals surface area contributed by atoms with Gasteiger partial charge in [0.2, 0.25) is 0 Å². The SMILES string of the molecule is CS(=O)(=O)c1ccc(Nc2ccccc2)c(NS(=O)(=O)c2ccccc2)c1. The number of rotatable bonds is 6. The third-order valence-electron chi connectivity index (χ3n) is 3.77. The average molecular weight is 402 g/mol. The number of hydrogen-bond donors (Lipinski definition) is 2. The fourth-order valence-corrected chi connectivity index (χ4v) is 4.17. The van der Waals surface area contributed by atoms with Crippen molar-refractivity contribution >= 4 is 36.9 Å². The number of anilines is 3. The molecule has 0 bridgehead atoms. The van der Waals surface area contributed by atoms with Gasteiger partial charge in [-0.15, -0.1) is 0 Å². The molecule has 0 saturated heterocycles. The summed E-state index contributed by atoms with van der Waals surface area (Å²) < 4.78 is 51.6. The highest BCUT2D eigenvalue weighted by Crippen LogP contribution is 2.30. The second kappa shape index (κ2) is 7.42. The van der Waals surface area contributed by atoms with E-state index in [1.165, 1.54) is 30.3 Å². The Morgan fingerprint density at radius 1 is 0.667 bits per heavy atom. The van der Waals surface area contributed by atoms with Gasteiger partial charge in [0.15, 0.2) is 9.84 Å². The van der Waals surface area contributed by atoms with Gasteiger partial charge in [0.05, 0.1) is 21.2 Å². The van der Waals surface area contributed by atoms with Crippen LogP contribution in [-0.4, -0.2) is 23.1 Å². The van der Waals surface area contributed by atoms with Crippen molar-refractivity contribution in [1.82, 2.24) is 0 Å². The first-order chi connectivity index (χ1) is 12.8. The van der Waals surface area contributed by atoms with Crippen LogP contribution in [0.4, 0.5) is 17.1 Å². The second-order valence-electron chi connectivity index (χ2n) is 5.89. The first kappa shape index (κ1) is 18.9. The van der Waals surface area contributed by atoms with Gasteiger partial charge in [-0.3, -0.25) is 4.72 Å². The Labute approximate surface area is 158 Å². The van der Waals surface area contributed by atoms with E-state index in [4.69, 9.17) is 0 Å². The zero-order valence-corrected chi connectivity index (χ0v) is 16.1. The molecular weight excluding hydrogens is 384 g/mol. The van der Waals surface area contributed by atoms with E-state index in [1.807, 2.05) is 30.3 Å². The summed E-state index contributed by atoms with van der Waals surface area (Å²) in [5.74, 6) is 0.